The molecule has 1 aliphatic rings. The fraction of sp³-hybridized carbons (Fsp3) is 0.500. The summed E-state index contributed by atoms with van der Waals surface area (Å²) in [4.78, 5) is 21.9. The first-order chi connectivity index (χ1) is 10.2. The molecule has 0 unspecified atom stereocenters. The van der Waals surface area contributed by atoms with Gasteiger partial charge in [0.2, 0.25) is 5.91 Å². The van der Waals surface area contributed by atoms with E-state index < -0.39 is 0 Å². The van der Waals surface area contributed by atoms with E-state index in [2.05, 4.69) is 9.97 Å². The number of H-pyrrole nitrogens is 1. The molecule has 5 nitrogen and oxygen atoms in total. The normalized spacial score (nSPS) is 14.6. The number of aliphatic hydroxyl groups excluding tert-OH is 1. The summed E-state index contributed by atoms with van der Waals surface area (Å²) in [5.74, 6) is 0.969. The summed E-state index contributed by atoms with van der Waals surface area (Å²) in [5, 5.41) is 9.06. The highest BCUT2D eigenvalue weighted by molar-refractivity contribution is 5.79. The Bertz CT molecular complexity index is 646. The van der Waals surface area contributed by atoms with Crippen LogP contribution >= 0.6 is 0 Å². The molecule has 1 fully saturated rings. The molecule has 112 valence electrons. The van der Waals surface area contributed by atoms with Crippen LogP contribution in [0, 0.1) is 6.92 Å². The quantitative estimate of drug-likeness (QED) is 0.851. The number of aliphatic hydroxyl groups is 1. The van der Waals surface area contributed by atoms with E-state index in [1.54, 1.807) is 0 Å². The van der Waals surface area contributed by atoms with Gasteiger partial charge in [-0.1, -0.05) is 12.1 Å². The molecule has 5 heteroatoms. The van der Waals surface area contributed by atoms with E-state index in [1.165, 1.54) is 0 Å². The molecular weight excluding hydrogens is 266 g/mol. The van der Waals surface area contributed by atoms with Gasteiger partial charge in [-0.2, -0.15) is 0 Å². The van der Waals surface area contributed by atoms with Crippen molar-refractivity contribution in [2.75, 3.05) is 13.2 Å². The highest BCUT2D eigenvalue weighted by atomic mass is 16.3. The van der Waals surface area contributed by atoms with Gasteiger partial charge in [-0.3, -0.25) is 4.79 Å². The molecule has 0 saturated heterocycles. The van der Waals surface area contributed by atoms with Crippen LogP contribution in [0.3, 0.4) is 0 Å². The van der Waals surface area contributed by atoms with Gasteiger partial charge in [0.1, 0.15) is 5.82 Å². The second kappa shape index (κ2) is 5.85. The smallest absolute Gasteiger partial charge is 0.223 e. The minimum absolute atomic E-state index is 0.0338. The van der Waals surface area contributed by atoms with Crippen LogP contribution in [-0.4, -0.2) is 45.1 Å². The van der Waals surface area contributed by atoms with Crippen LogP contribution in [0.1, 0.15) is 30.7 Å². The van der Waals surface area contributed by atoms with E-state index >= 15 is 0 Å². The van der Waals surface area contributed by atoms with Gasteiger partial charge in [0.15, 0.2) is 0 Å². The van der Waals surface area contributed by atoms with Crippen molar-refractivity contribution in [2.45, 2.75) is 38.6 Å². The first-order valence-corrected chi connectivity index (χ1v) is 7.53. The number of hydrogen-bond donors (Lipinski definition) is 2. The second-order valence-corrected chi connectivity index (χ2v) is 5.70. The molecule has 1 heterocycles. The molecule has 1 aliphatic carbocycles. The van der Waals surface area contributed by atoms with Crippen molar-refractivity contribution in [1.29, 1.82) is 0 Å². The predicted octanol–water partition coefficient (Wildman–Crippen LogP) is 1.79. The Morgan fingerprint density at radius 2 is 2.29 bits per heavy atom. The third kappa shape index (κ3) is 3.08. The lowest BCUT2D eigenvalue weighted by molar-refractivity contribution is -0.132. The van der Waals surface area contributed by atoms with E-state index in [1.807, 2.05) is 30.0 Å². The minimum Gasteiger partial charge on any atom is -0.395 e. The first kappa shape index (κ1) is 14.1. The first-order valence-electron chi connectivity index (χ1n) is 7.53. The molecule has 0 atom stereocenters. The van der Waals surface area contributed by atoms with E-state index in [-0.39, 0.29) is 12.5 Å². The van der Waals surface area contributed by atoms with Crippen molar-refractivity contribution in [3.8, 4) is 0 Å². The van der Waals surface area contributed by atoms with Gasteiger partial charge in [0.25, 0.3) is 0 Å². The molecule has 1 saturated carbocycles. The average molecular weight is 287 g/mol. The number of aromatic nitrogens is 2. The number of nitrogens with zero attached hydrogens (tertiary/aromatic N) is 2. The van der Waals surface area contributed by atoms with Crippen LogP contribution in [0.15, 0.2) is 18.2 Å². The van der Waals surface area contributed by atoms with Gasteiger partial charge in [-0.15, -0.1) is 0 Å². The lowest BCUT2D eigenvalue weighted by Gasteiger charge is -2.21. The molecular formula is C16H21N3O2. The number of rotatable bonds is 6. The molecule has 0 aliphatic heterocycles. The molecule has 0 radical (unpaired) electrons. The topological polar surface area (TPSA) is 69.2 Å². The Hall–Kier alpha value is -1.88. The molecule has 1 aromatic carbocycles. The number of aromatic amines is 1. The van der Waals surface area contributed by atoms with Crippen molar-refractivity contribution >= 4 is 16.9 Å². The van der Waals surface area contributed by atoms with Gasteiger partial charge in [0, 0.05) is 25.4 Å². The maximum atomic E-state index is 12.2. The Morgan fingerprint density at radius 3 is 2.95 bits per heavy atom. The fourth-order valence-corrected chi connectivity index (χ4v) is 2.72. The number of amides is 1. The SMILES string of the molecule is Cc1cccc2[nH]c(CCC(=O)N(CCO)C3CC3)nc12. The third-order valence-corrected chi connectivity index (χ3v) is 3.99. The number of hydrogen-bond acceptors (Lipinski definition) is 3. The van der Waals surface area contributed by atoms with E-state index in [9.17, 15) is 4.79 Å². The molecule has 1 aromatic heterocycles. The van der Waals surface area contributed by atoms with Gasteiger partial charge in [-0.05, 0) is 31.4 Å². The maximum absolute atomic E-state index is 12.2. The highest BCUT2D eigenvalue weighted by Gasteiger charge is 2.31. The van der Waals surface area contributed by atoms with Crippen LogP contribution < -0.4 is 0 Å². The van der Waals surface area contributed by atoms with Gasteiger partial charge in [-0.25, -0.2) is 4.98 Å². The van der Waals surface area contributed by atoms with Crippen LogP contribution in [0.2, 0.25) is 0 Å². The van der Waals surface area contributed by atoms with Gasteiger partial charge >= 0.3 is 0 Å². The lowest BCUT2D eigenvalue weighted by atomic mass is 10.2. The number of aryl methyl sites for hydroxylation is 2. The lowest BCUT2D eigenvalue weighted by Crippen LogP contribution is -2.35. The summed E-state index contributed by atoms with van der Waals surface area (Å²) in [6.07, 6.45) is 3.18. The molecule has 1 amide bonds. The van der Waals surface area contributed by atoms with Crippen LogP contribution in [0.25, 0.3) is 11.0 Å². The minimum atomic E-state index is 0.0338. The predicted molar refractivity (Wildman–Crippen MR) is 81.0 cm³/mol. The summed E-state index contributed by atoms with van der Waals surface area (Å²) in [7, 11) is 0. The van der Waals surface area contributed by atoms with Crippen molar-refractivity contribution < 1.29 is 9.90 Å². The summed E-state index contributed by atoms with van der Waals surface area (Å²) < 4.78 is 0. The van der Waals surface area contributed by atoms with E-state index in [0.717, 1.165) is 35.3 Å². The summed E-state index contributed by atoms with van der Waals surface area (Å²) in [6.45, 7) is 2.52. The molecule has 21 heavy (non-hydrogen) atoms. The second-order valence-electron chi connectivity index (χ2n) is 5.70. The zero-order chi connectivity index (χ0) is 14.8. The van der Waals surface area contributed by atoms with Crippen LogP contribution in [-0.2, 0) is 11.2 Å². The van der Waals surface area contributed by atoms with Crippen LogP contribution in [0.4, 0.5) is 0 Å². The summed E-state index contributed by atoms with van der Waals surface area (Å²) >= 11 is 0. The largest absolute Gasteiger partial charge is 0.395 e. The van der Waals surface area contributed by atoms with E-state index in [4.69, 9.17) is 5.11 Å². The third-order valence-electron chi connectivity index (χ3n) is 3.99. The standard InChI is InChI=1S/C16H21N3O2/c1-11-3-2-4-13-16(11)18-14(17-13)7-8-15(21)19(9-10-20)12-5-6-12/h2-4,12,20H,5-10H2,1H3,(H,17,18). The van der Waals surface area contributed by atoms with Crippen molar-refractivity contribution in [3.63, 3.8) is 0 Å². The summed E-state index contributed by atoms with van der Waals surface area (Å²) in [5.41, 5.74) is 3.14. The molecule has 3 rings (SSSR count). The van der Waals surface area contributed by atoms with Gasteiger partial charge in [0.05, 0.1) is 17.6 Å². The number of imidazole rings is 1. The van der Waals surface area contributed by atoms with Gasteiger partial charge < -0.3 is 15.0 Å². The molecule has 2 N–H and O–H groups in total. The highest BCUT2D eigenvalue weighted by Crippen LogP contribution is 2.27. The number of benzene rings is 1. The maximum Gasteiger partial charge on any atom is 0.223 e. The Morgan fingerprint density at radius 1 is 1.48 bits per heavy atom. The molecule has 0 spiro atoms. The molecule has 0 bridgehead atoms. The molecule has 2 aromatic rings. The average Bonchev–Trinajstić information content (AvgIpc) is 3.22. The van der Waals surface area contributed by atoms with Crippen molar-refractivity contribution in [2.24, 2.45) is 0 Å². The number of para-hydroxylation sites is 1. The van der Waals surface area contributed by atoms with E-state index in [0.29, 0.717) is 25.4 Å². The Balaban J connectivity index is 1.65. The van der Waals surface area contributed by atoms with Crippen molar-refractivity contribution in [3.05, 3.63) is 29.6 Å². The number of fused-ring (bicyclic) bond motifs is 1. The zero-order valence-electron chi connectivity index (χ0n) is 12.3. The summed E-state index contributed by atoms with van der Waals surface area (Å²) in [6, 6.07) is 6.39. The number of carbonyl (C=O) groups excluding carboxylic acids is 1. The Labute approximate surface area is 124 Å². The van der Waals surface area contributed by atoms with Crippen LogP contribution in [0.5, 0.6) is 0 Å². The monoisotopic (exact) mass is 287 g/mol. The number of nitrogens with one attached hydrogen (secondary N) is 1. The Kier molecular flexibility index (Phi) is 3.92. The number of carbonyl (C=O) groups is 1. The zero-order valence-corrected chi connectivity index (χ0v) is 12.3. The fourth-order valence-electron chi connectivity index (χ4n) is 2.72. The van der Waals surface area contributed by atoms with Crippen molar-refractivity contribution in [1.82, 2.24) is 14.9 Å².